The number of benzene rings is 4. The maximum Gasteiger partial charge on any atom is 0.294 e. The predicted octanol–water partition coefficient (Wildman–Crippen LogP) is 8.62. The van der Waals surface area contributed by atoms with Gasteiger partial charge in [-0.1, -0.05) is 82.3 Å². The SMILES string of the molecule is Cc1cc2c3ccccc3n(-c3ccccc3)c2cc1-c1n(-c2c(C(C)C)cccc2C(C)C)cc[n+]1C. The third-order valence-electron chi connectivity index (χ3n) is 7.86. The highest BCUT2D eigenvalue weighted by atomic mass is 15.1. The summed E-state index contributed by atoms with van der Waals surface area (Å²) in [5, 5.41) is 2.57. The highest BCUT2D eigenvalue weighted by Gasteiger charge is 2.27. The van der Waals surface area contributed by atoms with Gasteiger partial charge in [0.2, 0.25) is 0 Å². The molecule has 2 heterocycles. The number of hydrogen-bond acceptors (Lipinski definition) is 0. The number of nitrogens with zero attached hydrogens (tertiary/aromatic N) is 3. The predicted molar refractivity (Wildman–Crippen MR) is 160 cm³/mol. The molecule has 0 aliphatic carbocycles. The van der Waals surface area contributed by atoms with Gasteiger partial charge in [0.05, 0.1) is 23.6 Å². The molecular weight excluding hydrogens is 462 g/mol. The molecule has 38 heavy (non-hydrogen) atoms. The number of hydrogen-bond donors (Lipinski definition) is 0. The van der Waals surface area contributed by atoms with Gasteiger partial charge in [0.15, 0.2) is 0 Å². The maximum absolute atomic E-state index is 2.42. The summed E-state index contributed by atoms with van der Waals surface area (Å²) in [4.78, 5) is 0. The van der Waals surface area contributed by atoms with Crippen LogP contribution >= 0.6 is 0 Å². The summed E-state index contributed by atoms with van der Waals surface area (Å²) in [6.07, 6.45) is 4.42. The molecule has 0 saturated carbocycles. The summed E-state index contributed by atoms with van der Waals surface area (Å²) in [6, 6.07) is 31.0. The molecule has 0 unspecified atom stereocenters. The lowest BCUT2D eigenvalue weighted by atomic mass is 9.92. The van der Waals surface area contributed by atoms with Crippen molar-refractivity contribution < 1.29 is 4.57 Å². The van der Waals surface area contributed by atoms with E-state index in [9.17, 15) is 0 Å². The molecule has 0 aliphatic heterocycles. The zero-order valence-electron chi connectivity index (χ0n) is 23.2. The third kappa shape index (κ3) is 3.77. The van der Waals surface area contributed by atoms with E-state index >= 15 is 0 Å². The molecule has 0 N–H and O–H groups in total. The molecule has 0 bridgehead atoms. The molecule has 0 aliphatic rings. The van der Waals surface area contributed by atoms with Crippen LogP contribution in [0.25, 0.3) is 44.6 Å². The van der Waals surface area contributed by atoms with Gasteiger partial charge in [0.1, 0.15) is 18.1 Å². The minimum atomic E-state index is 0.424. The summed E-state index contributed by atoms with van der Waals surface area (Å²) in [7, 11) is 2.16. The molecule has 0 saturated heterocycles. The zero-order chi connectivity index (χ0) is 26.6. The molecular formula is C35H36N3+. The summed E-state index contributed by atoms with van der Waals surface area (Å²) in [5.74, 6) is 2.05. The molecule has 0 radical (unpaired) electrons. The highest BCUT2D eigenvalue weighted by molar-refractivity contribution is 6.10. The summed E-state index contributed by atoms with van der Waals surface area (Å²) in [6.45, 7) is 11.4. The number of imidazole rings is 1. The van der Waals surface area contributed by atoms with Crippen molar-refractivity contribution in [1.82, 2.24) is 9.13 Å². The van der Waals surface area contributed by atoms with E-state index in [1.165, 1.54) is 61.3 Å². The fourth-order valence-electron chi connectivity index (χ4n) is 5.99. The highest BCUT2D eigenvalue weighted by Crippen LogP contribution is 2.38. The quantitative estimate of drug-likeness (QED) is 0.211. The lowest BCUT2D eigenvalue weighted by Gasteiger charge is -2.18. The van der Waals surface area contributed by atoms with Crippen molar-refractivity contribution in [3.63, 3.8) is 0 Å². The van der Waals surface area contributed by atoms with Crippen molar-refractivity contribution in [3.8, 4) is 22.8 Å². The fraction of sp³-hybridized carbons (Fsp3) is 0.229. The van der Waals surface area contributed by atoms with Crippen LogP contribution in [0, 0.1) is 6.92 Å². The molecule has 0 fully saturated rings. The molecule has 0 spiro atoms. The molecule has 0 amide bonds. The first kappa shape index (κ1) is 24.2. The normalized spacial score (nSPS) is 11.9. The van der Waals surface area contributed by atoms with E-state index < -0.39 is 0 Å². The van der Waals surface area contributed by atoms with Gasteiger partial charge in [0.25, 0.3) is 5.82 Å². The van der Waals surface area contributed by atoms with Gasteiger partial charge < -0.3 is 4.57 Å². The van der Waals surface area contributed by atoms with Crippen LogP contribution in [0.1, 0.15) is 56.2 Å². The van der Waals surface area contributed by atoms with Crippen molar-refractivity contribution in [2.45, 2.75) is 46.5 Å². The minimum Gasteiger partial charge on any atom is -0.309 e. The minimum absolute atomic E-state index is 0.424. The van der Waals surface area contributed by atoms with E-state index in [1.807, 2.05) is 0 Å². The molecule has 6 rings (SSSR count). The fourth-order valence-corrected chi connectivity index (χ4v) is 5.99. The number of rotatable bonds is 5. The number of fused-ring (bicyclic) bond motifs is 3. The van der Waals surface area contributed by atoms with Gasteiger partial charge in [-0.3, -0.25) is 0 Å². The molecule has 3 heteroatoms. The third-order valence-corrected chi connectivity index (χ3v) is 7.86. The van der Waals surface area contributed by atoms with E-state index in [0.29, 0.717) is 11.8 Å². The van der Waals surface area contributed by atoms with E-state index in [1.54, 1.807) is 0 Å². The van der Waals surface area contributed by atoms with Crippen molar-refractivity contribution in [3.05, 3.63) is 114 Å². The Balaban J connectivity index is 1.69. The van der Waals surface area contributed by atoms with Crippen molar-refractivity contribution in [2.75, 3.05) is 0 Å². The van der Waals surface area contributed by atoms with Crippen molar-refractivity contribution in [2.24, 2.45) is 7.05 Å². The van der Waals surface area contributed by atoms with Crippen LogP contribution in [-0.4, -0.2) is 9.13 Å². The maximum atomic E-state index is 2.42. The first-order chi connectivity index (χ1) is 18.4. The standard InChI is InChI=1S/C35H36N3/c1-23(2)27-16-12-17-28(24(3)4)34(27)37-20-19-36(6)35(37)30-22-33-31(21-25(30)5)29-15-10-11-18-32(29)38(33)26-13-8-7-9-14-26/h7-24H,1-6H3/q+1. The van der Waals surface area contributed by atoms with E-state index in [2.05, 4.69) is 153 Å². The van der Waals surface area contributed by atoms with Gasteiger partial charge in [-0.05, 0) is 54.7 Å². The second-order valence-electron chi connectivity index (χ2n) is 11.1. The number of aromatic nitrogens is 3. The van der Waals surface area contributed by atoms with Crippen LogP contribution < -0.4 is 4.57 Å². The van der Waals surface area contributed by atoms with Gasteiger partial charge in [0, 0.05) is 27.6 Å². The molecule has 3 nitrogen and oxygen atoms in total. The second kappa shape index (κ2) is 9.33. The van der Waals surface area contributed by atoms with Crippen LogP contribution in [0.4, 0.5) is 0 Å². The Bertz CT molecular complexity index is 1760. The first-order valence-corrected chi connectivity index (χ1v) is 13.7. The summed E-state index contributed by atoms with van der Waals surface area (Å²) >= 11 is 0. The Kier molecular flexibility index (Phi) is 5.95. The Hall–Kier alpha value is -4.11. The molecule has 6 aromatic rings. The van der Waals surface area contributed by atoms with Gasteiger partial charge in [-0.15, -0.1) is 0 Å². The smallest absolute Gasteiger partial charge is 0.294 e. The Morgan fingerprint density at radius 3 is 2.03 bits per heavy atom. The van der Waals surface area contributed by atoms with E-state index in [-0.39, 0.29) is 0 Å². The van der Waals surface area contributed by atoms with Gasteiger partial charge in [-0.2, -0.15) is 4.57 Å². The number of para-hydroxylation sites is 3. The average molecular weight is 499 g/mol. The number of aryl methyl sites for hydroxylation is 2. The lowest BCUT2D eigenvalue weighted by molar-refractivity contribution is -0.659. The van der Waals surface area contributed by atoms with Crippen LogP contribution in [0.3, 0.4) is 0 Å². The molecule has 190 valence electrons. The average Bonchev–Trinajstić information content (AvgIpc) is 3.45. The Labute approximate surface area is 225 Å². The summed E-state index contributed by atoms with van der Waals surface area (Å²) in [5.41, 5.74) is 10.2. The van der Waals surface area contributed by atoms with Gasteiger partial charge >= 0.3 is 0 Å². The molecule has 0 atom stereocenters. The van der Waals surface area contributed by atoms with Crippen LogP contribution in [0.15, 0.2) is 97.3 Å². The van der Waals surface area contributed by atoms with E-state index in [4.69, 9.17) is 0 Å². The second-order valence-corrected chi connectivity index (χ2v) is 11.1. The summed E-state index contributed by atoms with van der Waals surface area (Å²) < 4.78 is 7.10. The monoisotopic (exact) mass is 498 g/mol. The molecule has 2 aromatic heterocycles. The van der Waals surface area contributed by atoms with Crippen molar-refractivity contribution >= 4 is 21.8 Å². The van der Waals surface area contributed by atoms with Crippen LogP contribution in [0.2, 0.25) is 0 Å². The Morgan fingerprint density at radius 2 is 1.34 bits per heavy atom. The van der Waals surface area contributed by atoms with Gasteiger partial charge in [-0.25, -0.2) is 4.57 Å². The van der Waals surface area contributed by atoms with Crippen molar-refractivity contribution in [1.29, 1.82) is 0 Å². The largest absolute Gasteiger partial charge is 0.309 e. The lowest BCUT2D eigenvalue weighted by Crippen LogP contribution is -2.29. The zero-order valence-corrected chi connectivity index (χ0v) is 23.2. The Morgan fingerprint density at radius 1 is 0.684 bits per heavy atom. The van der Waals surface area contributed by atoms with E-state index in [0.717, 1.165) is 0 Å². The first-order valence-electron chi connectivity index (χ1n) is 13.7. The molecule has 4 aromatic carbocycles. The van der Waals surface area contributed by atoms with Crippen LogP contribution in [-0.2, 0) is 7.05 Å². The topological polar surface area (TPSA) is 13.7 Å². The van der Waals surface area contributed by atoms with Crippen LogP contribution in [0.5, 0.6) is 0 Å².